The lowest BCUT2D eigenvalue weighted by atomic mass is 10.1. The molecule has 0 spiro atoms. The smallest absolute Gasteiger partial charge is 0.291 e. The summed E-state index contributed by atoms with van der Waals surface area (Å²) in [5.74, 6) is 0.525. The zero-order chi connectivity index (χ0) is 30.8. The number of carbonyl (C=O) groups excluding carboxylic acids is 2. The number of hydrogen-bond acceptors (Lipinski definition) is 8. The van der Waals surface area contributed by atoms with E-state index in [-0.39, 0.29) is 17.9 Å². The van der Waals surface area contributed by atoms with Crippen molar-refractivity contribution in [2.75, 3.05) is 25.5 Å². The van der Waals surface area contributed by atoms with Crippen molar-refractivity contribution < 1.29 is 14.3 Å². The lowest BCUT2D eigenvalue weighted by Crippen LogP contribution is -2.35. The largest absolute Gasteiger partial charge is 0.481 e. The first kappa shape index (κ1) is 30.0. The highest BCUT2D eigenvalue weighted by molar-refractivity contribution is 6.39. The van der Waals surface area contributed by atoms with Crippen molar-refractivity contribution in [1.82, 2.24) is 35.5 Å². The second-order valence-corrected chi connectivity index (χ2v) is 11.5. The first-order valence-electron chi connectivity index (χ1n) is 14.4. The number of rotatable bonds is 9. The second-order valence-electron chi connectivity index (χ2n) is 10.8. The number of nitrogens with zero attached hydrogens (tertiary/aromatic N) is 4. The molecule has 0 aliphatic carbocycles. The molecule has 2 aliphatic rings. The number of pyridine rings is 2. The molecule has 0 bridgehead atoms. The third-order valence-electron chi connectivity index (χ3n) is 7.92. The molecular weight excluding hydrogens is 603 g/mol. The van der Waals surface area contributed by atoms with Gasteiger partial charge in [0.15, 0.2) is 5.82 Å². The molecule has 11 nitrogen and oxygen atoms in total. The first-order chi connectivity index (χ1) is 21.3. The minimum absolute atomic E-state index is 0.0900. The van der Waals surface area contributed by atoms with Crippen LogP contribution in [0, 0.1) is 0 Å². The Labute approximate surface area is 264 Å². The highest BCUT2D eigenvalue weighted by atomic mass is 35.5. The van der Waals surface area contributed by atoms with E-state index in [9.17, 15) is 9.59 Å². The molecule has 2 amide bonds. The van der Waals surface area contributed by atoms with E-state index in [0.29, 0.717) is 76.0 Å². The van der Waals surface area contributed by atoms with Gasteiger partial charge in [-0.25, -0.2) is 9.97 Å². The van der Waals surface area contributed by atoms with E-state index in [0.717, 1.165) is 36.3 Å². The van der Waals surface area contributed by atoms with E-state index in [1.165, 1.54) is 0 Å². The first-order valence-corrected chi connectivity index (χ1v) is 15.1. The number of halogens is 2. The number of carbonyl (C=O) groups is 2. The van der Waals surface area contributed by atoms with Gasteiger partial charge in [0, 0.05) is 80.7 Å². The Morgan fingerprint density at radius 1 is 1.11 bits per heavy atom. The molecule has 1 fully saturated rings. The van der Waals surface area contributed by atoms with Gasteiger partial charge in [-0.05, 0) is 24.6 Å². The van der Waals surface area contributed by atoms with E-state index in [1.807, 2.05) is 23.7 Å². The third-order valence-corrected chi connectivity index (χ3v) is 8.71. The molecule has 13 heteroatoms. The lowest BCUT2D eigenvalue weighted by Gasteiger charge is -2.15. The van der Waals surface area contributed by atoms with E-state index < -0.39 is 0 Å². The molecule has 2 aliphatic heterocycles. The Kier molecular flexibility index (Phi) is 8.81. The van der Waals surface area contributed by atoms with Crippen LogP contribution in [-0.2, 0) is 31.4 Å². The molecule has 1 atom stereocenters. The molecule has 4 N–H and O–H groups in total. The van der Waals surface area contributed by atoms with Gasteiger partial charge in [0.25, 0.3) is 5.91 Å². The molecule has 1 saturated heterocycles. The maximum absolute atomic E-state index is 13.2. The van der Waals surface area contributed by atoms with Crippen molar-refractivity contribution in [1.29, 1.82) is 0 Å². The number of benzene rings is 1. The summed E-state index contributed by atoms with van der Waals surface area (Å²) in [5, 5.41) is 13.2. The van der Waals surface area contributed by atoms with Crippen LogP contribution in [0.2, 0.25) is 10.0 Å². The van der Waals surface area contributed by atoms with Crippen molar-refractivity contribution in [2.24, 2.45) is 7.05 Å². The van der Waals surface area contributed by atoms with Gasteiger partial charge in [0.1, 0.15) is 0 Å². The van der Waals surface area contributed by atoms with Gasteiger partial charge < -0.3 is 30.6 Å². The standard InChI is InChI=1S/C31H32Cl2N8O3/c1-41-24-11-12-34-16-23(24)38-29(41)30(43)39-22-5-3-4-20(26(22)32)28-27(33)19(10-13-36-28)21-8-6-17(31(40-21)44-2)14-35-15-18-7-9-25(42)37-18/h3-6,8,10,13,18,34-35H,7,9,11-12,14-16H2,1-2H3,(H,37,42)(H,39,43). The molecule has 4 aromatic rings. The van der Waals surface area contributed by atoms with Gasteiger partial charge in [-0.15, -0.1) is 0 Å². The number of imidazole rings is 1. The maximum Gasteiger partial charge on any atom is 0.291 e. The van der Waals surface area contributed by atoms with E-state index in [4.69, 9.17) is 32.9 Å². The molecule has 0 saturated carbocycles. The number of anilines is 1. The molecule has 228 valence electrons. The van der Waals surface area contributed by atoms with Crippen LogP contribution in [0.3, 0.4) is 0 Å². The van der Waals surface area contributed by atoms with Crippen molar-refractivity contribution in [3.8, 4) is 28.4 Å². The topological polar surface area (TPSA) is 135 Å². The molecule has 0 radical (unpaired) electrons. The van der Waals surface area contributed by atoms with Crippen LogP contribution < -0.4 is 26.0 Å². The van der Waals surface area contributed by atoms with Gasteiger partial charge >= 0.3 is 0 Å². The van der Waals surface area contributed by atoms with Crippen molar-refractivity contribution in [2.45, 2.75) is 38.4 Å². The fourth-order valence-electron chi connectivity index (χ4n) is 5.62. The van der Waals surface area contributed by atoms with Crippen LogP contribution in [0.15, 0.2) is 42.6 Å². The number of hydrogen-bond donors (Lipinski definition) is 4. The molecule has 3 aromatic heterocycles. The number of amides is 2. The van der Waals surface area contributed by atoms with Crippen LogP contribution in [-0.4, -0.2) is 57.6 Å². The Morgan fingerprint density at radius 2 is 1.98 bits per heavy atom. The quantitative estimate of drug-likeness (QED) is 0.216. The third kappa shape index (κ3) is 6.00. The summed E-state index contributed by atoms with van der Waals surface area (Å²) in [6, 6.07) is 11.0. The van der Waals surface area contributed by atoms with Crippen molar-refractivity contribution in [3.05, 3.63) is 75.4 Å². The molecule has 44 heavy (non-hydrogen) atoms. The summed E-state index contributed by atoms with van der Waals surface area (Å²) in [6.45, 7) is 2.68. The van der Waals surface area contributed by atoms with E-state index in [1.54, 1.807) is 37.6 Å². The van der Waals surface area contributed by atoms with Crippen LogP contribution in [0.5, 0.6) is 5.88 Å². The van der Waals surface area contributed by atoms with Crippen LogP contribution >= 0.6 is 23.2 Å². The molecule has 5 heterocycles. The molecule has 6 rings (SSSR count). The number of nitrogens with one attached hydrogen (secondary N) is 4. The normalized spacial score (nSPS) is 16.0. The summed E-state index contributed by atoms with van der Waals surface area (Å²) < 4.78 is 7.43. The predicted molar refractivity (Wildman–Crippen MR) is 169 cm³/mol. The van der Waals surface area contributed by atoms with Crippen LogP contribution in [0.1, 0.15) is 40.4 Å². The molecule has 1 unspecified atom stereocenters. The van der Waals surface area contributed by atoms with Gasteiger partial charge in [-0.2, -0.15) is 0 Å². The zero-order valence-corrected chi connectivity index (χ0v) is 25.8. The summed E-state index contributed by atoms with van der Waals surface area (Å²) >= 11 is 13.8. The SMILES string of the molecule is COc1nc(-c2ccnc(-c3cccc(NC(=O)c4nc5c(n4C)CCNC5)c3Cl)c2Cl)ccc1CNCC1CCC(=O)N1. The van der Waals surface area contributed by atoms with Crippen LogP contribution in [0.4, 0.5) is 5.69 Å². The van der Waals surface area contributed by atoms with Gasteiger partial charge in [-0.1, -0.05) is 41.4 Å². The fourth-order valence-corrected chi connectivity index (χ4v) is 6.19. The monoisotopic (exact) mass is 634 g/mol. The molecular formula is C31H32Cl2N8O3. The lowest BCUT2D eigenvalue weighted by molar-refractivity contribution is -0.119. The summed E-state index contributed by atoms with van der Waals surface area (Å²) in [6.07, 6.45) is 3.84. The Bertz CT molecular complexity index is 1740. The Morgan fingerprint density at radius 3 is 2.75 bits per heavy atom. The van der Waals surface area contributed by atoms with Crippen LogP contribution in [0.25, 0.3) is 22.5 Å². The van der Waals surface area contributed by atoms with E-state index in [2.05, 4.69) is 31.2 Å². The number of ether oxygens (including phenoxy) is 1. The minimum Gasteiger partial charge on any atom is -0.481 e. The zero-order valence-electron chi connectivity index (χ0n) is 24.3. The van der Waals surface area contributed by atoms with Crippen molar-refractivity contribution >= 4 is 40.7 Å². The van der Waals surface area contributed by atoms with Crippen molar-refractivity contribution in [3.63, 3.8) is 0 Å². The average Bonchev–Trinajstić information content (AvgIpc) is 3.61. The Hall–Kier alpha value is -4.03. The number of methoxy groups -OCH3 is 1. The molecule has 1 aromatic carbocycles. The number of fused-ring (bicyclic) bond motifs is 1. The summed E-state index contributed by atoms with van der Waals surface area (Å²) in [5.41, 5.74) is 5.50. The van der Waals surface area contributed by atoms with Gasteiger partial charge in [0.2, 0.25) is 11.8 Å². The highest BCUT2D eigenvalue weighted by Gasteiger charge is 2.24. The second kappa shape index (κ2) is 12.9. The van der Waals surface area contributed by atoms with Gasteiger partial charge in [-0.3, -0.25) is 14.6 Å². The highest BCUT2D eigenvalue weighted by Crippen LogP contribution is 2.40. The van der Waals surface area contributed by atoms with E-state index >= 15 is 0 Å². The summed E-state index contributed by atoms with van der Waals surface area (Å²) in [4.78, 5) is 38.5. The average molecular weight is 636 g/mol. The van der Waals surface area contributed by atoms with Gasteiger partial charge in [0.05, 0.1) is 39.9 Å². The minimum atomic E-state index is -0.354. The summed E-state index contributed by atoms with van der Waals surface area (Å²) in [7, 11) is 3.42. The maximum atomic E-state index is 13.2. The number of aromatic nitrogens is 4. The Balaban J connectivity index is 1.22. The predicted octanol–water partition coefficient (Wildman–Crippen LogP) is 4.13. The fraction of sp³-hybridized carbons (Fsp3) is 0.323.